The van der Waals surface area contributed by atoms with E-state index in [1.807, 2.05) is 12.4 Å². The highest BCUT2D eigenvalue weighted by molar-refractivity contribution is 5.09. The molecule has 1 fully saturated rings. The molecule has 0 aromatic carbocycles. The predicted molar refractivity (Wildman–Crippen MR) is 64.0 cm³/mol. The van der Waals surface area contributed by atoms with Crippen LogP contribution in [0.15, 0.2) is 24.5 Å². The molecule has 1 N–H and O–H groups in total. The zero-order valence-electron chi connectivity index (χ0n) is 9.84. The van der Waals surface area contributed by atoms with Gasteiger partial charge in [0.2, 0.25) is 0 Å². The van der Waals surface area contributed by atoms with Gasteiger partial charge in [-0.15, -0.1) is 0 Å². The van der Waals surface area contributed by atoms with Gasteiger partial charge < -0.3 is 5.11 Å². The van der Waals surface area contributed by atoms with Gasteiger partial charge in [0.05, 0.1) is 6.10 Å². The van der Waals surface area contributed by atoms with Gasteiger partial charge in [-0.25, -0.2) is 0 Å². The van der Waals surface area contributed by atoms with Crippen LogP contribution in [-0.2, 0) is 6.54 Å². The molecule has 3 nitrogen and oxygen atoms in total. The molecule has 0 aliphatic heterocycles. The van der Waals surface area contributed by atoms with Crippen LogP contribution in [0, 0.1) is 0 Å². The van der Waals surface area contributed by atoms with Crippen molar-refractivity contribution in [2.75, 3.05) is 7.05 Å². The largest absolute Gasteiger partial charge is 0.393 e. The van der Waals surface area contributed by atoms with Crippen molar-refractivity contribution in [1.29, 1.82) is 0 Å². The molecule has 1 saturated carbocycles. The lowest BCUT2D eigenvalue weighted by molar-refractivity contribution is 0.0700. The fourth-order valence-electron chi connectivity index (χ4n) is 2.44. The van der Waals surface area contributed by atoms with Crippen molar-refractivity contribution in [2.45, 2.75) is 44.4 Å². The lowest BCUT2D eigenvalue weighted by Crippen LogP contribution is -2.37. The van der Waals surface area contributed by atoms with Crippen LogP contribution in [0.25, 0.3) is 0 Å². The number of hydrogen-bond donors (Lipinski definition) is 1. The average molecular weight is 220 g/mol. The fourth-order valence-corrected chi connectivity index (χ4v) is 2.44. The van der Waals surface area contributed by atoms with Crippen LogP contribution in [0.5, 0.6) is 0 Å². The molecule has 1 aromatic rings. The Hall–Kier alpha value is -0.930. The molecule has 0 radical (unpaired) electrons. The number of pyridine rings is 1. The molecule has 2 atom stereocenters. The van der Waals surface area contributed by atoms with E-state index in [0.29, 0.717) is 6.04 Å². The molecule has 0 saturated heterocycles. The molecule has 0 bridgehead atoms. The molecule has 16 heavy (non-hydrogen) atoms. The van der Waals surface area contributed by atoms with Crippen LogP contribution >= 0.6 is 0 Å². The summed E-state index contributed by atoms with van der Waals surface area (Å²) in [7, 11) is 2.14. The first-order valence-corrected chi connectivity index (χ1v) is 6.03. The van der Waals surface area contributed by atoms with E-state index in [4.69, 9.17) is 0 Å². The second-order valence-corrected chi connectivity index (χ2v) is 4.74. The average Bonchev–Trinajstić information content (AvgIpc) is 2.30. The number of rotatable bonds is 3. The molecule has 2 rings (SSSR count). The van der Waals surface area contributed by atoms with E-state index in [1.165, 1.54) is 12.0 Å². The Balaban J connectivity index is 1.90. The van der Waals surface area contributed by atoms with Gasteiger partial charge in [0.25, 0.3) is 0 Å². The van der Waals surface area contributed by atoms with Crippen molar-refractivity contribution in [2.24, 2.45) is 0 Å². The number of aliphatic hydroxyl groups is 1. The van der Waals surface area contributed by atoms with E-state index < -0.39 is 0 Å². The SMILES string of the molecule is CN(Cc1ccncc1)C1CCCC(O)C1. The van der Waals surface area contributed by atoms with Gasteiger partial charge in [-0.1, -0.05) is 0 Å². The maximum absolute atomic E-state index is 9.66. The lowest BCUT2D eigenvalue weighted by atomic mass is 9.92. The summed E-state index contributed by atoms with van der Waals surface area (Å²) in [6.07, 6.45) is 7.81. The van der Waals surface area contributed by atoms with E-state index in [2.05, 4.69) is 29.1 Å². The summed E-state index contributed by atoms with van der Waals surface area (Å²) >= 11 is 0. The standard InChI is InChI=1S/C13H20N2O/c1-15(10-11-5-7-14-8-6-11)12-3-2-4-13(16)9-12/h5-8,12-13,16H,2-4,9-10H2,1H3. The first-order chi connectivity index (χ1) is 7.75. The topological polar surface area (TPSA) is 36.4 Å². The summed E-state index contributed by atoms with van der Waals surface area (Å²) in [6.45, 7) is 0.944. The van der Waals surface area contributed by atoms with Crippen molar-refractivity contribution >= 4 is 0 Å². The van der Waals surface area contributed by atoms with Crippen LogP contribution in [-0.4, -0.2) is 34.2 Å². The minimum atomic E-state index is -0.0985. The first kappa shape index (κ1) is 11.6. The third-order valence-corrected chi connectivity index (χ3v) is 3.42. The Morgan fingerprint density at radius 2 is 2.12 bits per heavy atom. The fraction of sp³-hybridized carbons (Fsp3) is 0.615. The second-order valence-electron chi connectivity index (χ2n) is 4.74. The maximum atomic E-state index is 9.66. The summed E-state index contributed by atoms with van der Waals surface area (Å²) in [5.41, 5.74) is 1.29. The van der Waals surface area contributed by atoms with Crippen LogP contribution < -0.4 is 0 Å². The van der Waals surface area contributed by atoms with Crippen molar-refractivity contribution in [3.8, 4) is 0 Å². The first-order valence-electron chi connectivity index (χ1n) is 6.03. The van der Waals surface area contributed by atoms with E-state index in [0.717, 1.165) is 25.8 Å². The third-order valence-electron chi connectivity index (χ3n) is 3.42. The summed E-state index contributed by atoms with van der Waals surface area (Å²) in [5.74, 6) is 0. The molecular weight excluding hydrogens is 200 g/mol. The molecule has 0 amide bonds. The van der Waals surface area contributed by atoms with E-state index >= 15 is 0 Å². The van der Waals surface area contributed by atoms with Crippen molar-refractivity contribution in [3.05, 3.63) is 30.1 Å². The highest BCUT2D eigenvalue weighted by Crippen LogP contribution is 2.23. The molecule has 1 aliphatic rings. The van der Waals surface area contributed by atoms with Gasteiger partial charge in [0, 0.05) is 25.0 Å². The van der Waals surface area contributed by atoms with Crippen LogP contribution in [0.3, 0.4) is 0 Å². The van der Waals surface area contributed by atoms with Crippen LogP contribution in [0.2, 0.25) is 0 Å². The van der Waals surface area contributed by atoms with Crippen LogP contribution in [0.4, 0.5) is 0 Å². The summed E-state index contributed by atoms with van der Waals surface area (Å²) in [4.78, 5) is 6.36. The van der Waals surface area contributed by atoms with Crippen molar-refractivity contribution in [1.82, 2.24) is 9.88 Å². The zero-order chi connectivity index (χ0) is 11.4. The molecule has 1 aliphatic carbocycles. The molecule has 3 heteroatoms. The minimum absolute atomic E-state index is 0.0985. The molecular formula is C13H20N2O. The normalized spacial score (nSPS) is 25.9. The molecule has 1 aromatic heterocycles. The quantitative estimate of drug-likeness (QED) is 0.844. The number of aliphatic hydroxyl groups excluding tert-OH is 1. The van der Waals surface area contributed by atoms with Gasteiger partial charge in [0.15, 0.2) is 0 Å². The maximum Gasteiger partial charge on any atom is 0.0555 e. The molecule has 1 heterocycles. The number of nitrogens with zero attached hydrogens (tertiary/aromatic N) is 2. The number of aromatic nitrogens is 1. The highest BCUT2D eigenvalue weighted by Gasteiger charge is 2.23. The molecule has 0 spiro atoms. The molecule has 88 valence electrons. The predicted octanol–water partition coefficient (Wildman–Crippen LogP) is 1.82. The van der Waals surface area contributed by atoms with Gasteiger partial charge >= 0.3 is 0 Å². The Kier molecular flexibility index (Phi) is 3.91. The Labute approximate surface area is 97.1 Å². The van der Waals surface area contributed by atoms with E-state index in [1.54, 1.807) is 0 Å². The van der Waals surface area contributed by atoms with E-state index in [-0.39, 0.29) is 6.10 Å². The zero-order valence-corrected chi connectivity index (χ0v) is 9.84. The van der Waals surface area contributed by atoms with Gasteiger partial charge in [-0.05, 0) is 50.4 Å². The summed E-state index contributed by atoms with van der Waals surface area (Å²) < 4.78 is 0. The summed E-state index contributed by atoms with van der Waals surface area (Å²) in [5, 5.41) is 9.66. The molecule has 2 unspecified atom stereocenters. The van der Waals surface area contributed by atoms with Crippen molar-refractivity contribution in [3.63, 3.8) is 0 Å². The minimum Gasteiger partial charge on any atom is -0.393 e. The van der Waals surface area contributed by atoms with Gasteiger partial charge in [0.1, 0.15) is 0 Å². The Morgan fingerprint density at radius 3 is 2.81 bits per heavy atom. The lowest BCUT2D eigenvalue weighted by Gasteiger charge is -2.33. The third kappa shape index (κ3) is 3.03. The van der Waals surface area contributed by atoms with Gasteiger partial charge in [-0.3, -0.25) is 9.88 Å². The number of hydrogen-bond acceptors (Lipinski definition) is 3. The van der Waals surface area contributed by atoms with Crippen molar-refractivity contribution < 1.29 is 5.11 Å². The Morgan fingerprint density at radius 1 is 1.38 bits per heavy atom. The summed E-state index contributed by atoms with van der Waals surface area (Å²) in [6, 6.07) is 4.63. The van der Waals surface area contributed by atoms with E-state index in [9.17, 15) is 5.11 Å². The Bertz CT molecular complexity index is 315. The smallest absolute Gasteiger partial charge is 0.0555 e. The second kappa shape index (κ2) is 5.41. The van der Waals surface area contributed by atoms with Gasteiger partial charge in [-0.2, -0.15) is 0 Å². The highest BCUT2D eigenvalue weighted by atomic mass is 16.3. The van der Waals surface area contributed by atoms with Crippen LogP contribution in [0.1, 0.15) is 31.2 Å². The monoisotopic (exact) mass is 220 g/mol.